The van der Waals surface area contributed by atoms with Crippen molar-refractivity contribution in [3.63, 3.8) is 0 Å². The lowest BCUT2D eigenvalue weighted by atomic mass is 9.99. The lowest BCUT2D eigenvalue weighted by molar-refractivity contribution is 0.712. The van der Waals surface area contributed by atoms with Crippen LogP contribution in [0.3, 0.4) is 0 Å². The van der Waals surface area contributed by atoms with Gasteiger partial charge in [-0.25, -0.2) is 5.84 Å². The molecule has 0 aromatic heterocycles. The highest BCUT2D eigenvalue weighted by Crippen LogP contribution is 2.17. The zero-order chi connectivity index (χ0) is 8.81. The van der Waals surface area contributed by atoms with Crippen molar-refractivity contribution in [2.45, 2.75) is 25.7 Å². The van der Waals surface area contributed by atoms with Gasteiger partial charge in [0.1, 0.15) is 0 Å². The van der Waals surface area contributed by atoms with Crippen LogP contribution >= 0.6 is 0 Å². The number of nitrogens with two attached hydrogens (primary N) is 1. The van der Waals surface area contributed by atoms with E-state index in [-0.39, 0.29) is 0 Å². The molecule has 0 saturated heterocycles. The molecule has 4 nitrogen and oxygen atoms in total. The molecule has 12 heavy (non-hydrogen) atoms. The number of hydrogen-bond donors (Lipinski definition) is 2. The van der Waals surface area contributed by atoms with Gasteiger partial charge in [0.25, 0.3) is 0 Å². The molecule has 0 amide bonds. The Labute approximate surface area is 72.2 Å². The van der Waals surface area contributed by atoms with Crippen LogP contribution in [0.2, 0.25) is 0 Å². The number of nitrogens with zero attached hydrogens (tertiary/aromatic N) is 2. The Kier molecular flexibility index (Phi) is 3.47. The zero-order valence-corrected chi connectivity index (χ0v) is 7.08. The molecule has 0 unspecified atom stereocenters. The summed E-state index contributed by atoms with van der Waals surface area (Å²) in [6.07, 6.45) is 6.73. The van der Waals surface area contributed by atoms with E-state index in [1.54, 1.807) is 0 Å². The van der Waals surface area contributed by atoms with E-state index in [0.29, 0.717) is 5.84 Å². The average Bonchev–Trinajstić information content (AvgIpc) is 2.15. The van der Waals surface area contributed by atoms with Gasteiger partial charge in [0.15, 0.2) is 5.84 Å². The first-order valence-corrected chi connectivity index (χ1v) is 4.08. The first kappa shape index (κ1) is 8.93. The van der Waals surface area contributed by atoms with Crippen LogP contribution in [0.4, 0.5) is 0 Å². The largest absolute Gasteiger partial charge is 0.307 e. The molecular formula is C8H14N4. The minimum Gasteiger partial charge on any atom is -0.307 e. The molecule has 0 heterocycles. The second-order valence-electron chi connectivity index (χ2n) is 2.71. The number of allylic oxidation sites excluding steroid dienone is 1. The van der Waals surface area contributed by atoms with Crippen molar-refractivity contribution in [3.05, 3.63) is 11.6 Å². The first-order valence-electron chi connectivity index (χ1n) is 4.08. The van der Waals surface area contributed by atoms with E-state index < -0.39 is 0 Å². The van der Waals surface area contributed by atoms with Gasteiger partial charge in [0.2, 0.25) is 0 Å². The smallest absolute Gasteiger partial charge is 0.165 e. The Hall–Kier alpha value is -1.16. The molecule has 0 radical (unpaired) electrons. The molecule has 1 aliphatic rings. The lowest BCUT2D eigenvalue weighted by Gasteiger charge is -2.12. The Morgan fingerprint density at radius 2 is 2.42 bits per heavy atom. The van der Waals surface area contributed by atoms with Crippen LogP contribution in [0, 0.1) is 0 Å². The van der Waals surface area contributed by atoms with Crippen LogP contribution in [0.15, 0.2) is 21.9 Å². The number of amidine groups is 1. The summed E-state index contributed by atoms with van der Waals surface area (Å²) in [5.41, 5.74) is 3.67. The Morgan fingerprint density at radius 3 is 2.92 bits per heavy atom. The van der Waals surface area contributed by atoms with Gasteiger partial charge in [-0.3, -0.25) is 0 Å². The van der Waals surface area contributed by atoms with Crippen molar-refractivity contribution >= 4 is 12.6 Å². The molecule has 66 valence electrons. The van der Waals surface area contributed by atoms with Gasteiger partial charge in [-0.2, -0.15) is 5.10 Å². The molecule has 0 aromatic rings. The summed E-state index contributed by atoms with van der Waals surface area (Å²) in [5, 5.41) is 7.23. The average molecular weight is 166 g/mol. The van der Waals surface area contributed by atoms with E-state index in [4.69, 9.17) is 5.84 Å². The summed E-state index contributed by atoms with van der Waals surface area (Å²) in [6.45, 7) is 3.28. The molecule has 0 atom stereocenters. The van der Waals surface area contributed by atoms with Crippen LogP contribution in [-0.4, -0.2) is 12.6 Å². The van der Waals surface area contributed by atoms with Crippen molar-refractivity contribution in [1.29, 1.82) is 0 Å². The topological polar surface area (TPSA) is 62.8 Å². The van der Waals surface area contributed by atoms with Crippen molar-refractivity contribution in [2.24, 2.45) is 16.0 Å². The maximum atomic E-state index is 5.28. The van der Waals surface area contributed by atoms with E-state index in [1.165, 1.54) is 12.8 Å². The van der Waals surface area contributed by atoms with Crippen molar-refractivity contribution < 1.29 is 0 Å². The molecule has 4 heteroatoms. The third-order valence-corrected chi connectivity index (χ3v) is 1.90. The molecule has 3 N–H and O–H groups in total. The summed E-state index contributed by atoms with van der Waals surface area (Å²) >= 11 is 0. The lowest BCUT2D eigenvalue weighted by Crippen LogP contribution is -2.32. The van der Waals surface area contributed by atoms with Crippen LogP contribution < -0.4 is 11.3 Å². The number of hydrazine groups is 1. The van der Waals surface area contributed by atoms with Crippen LogP contribution in [-0.2, 0) is 0 Å². The monoisotopic (exact) mass is 166 g/mol. The first-order chi connectivity index (χ1) is 5.88. The van der Waals surface area contributed by atoms with Gasteiger partial charge >= 0.3 is 0 Å². The second kappa shape index (κ2) is 4.66. The Bertz CT molecular complexity index is 217. The highest BCUT2D eigenvalue weighted by Gasteiger charge is 2.08. The summed E-state index contributed by atoms with van der Waals surface area (Å²) < 4.78 is 0. The highest BCUT2D eigenvalue weighted by atomic mass is 15.3. The minimum absolute atomic E-state index is 0.643. The van der Waals surface area contributed by atoms with E-state index in [0.717, 1.165) is 18.4 Å². The van der Waals surface area contributed by atoms with Gasteiger partial charge in [0.05, 0.1) is 0 Å². The Balaban J connectivity index is 2.70. The molecule has 1 rings (SSSR count). The van der Waals surface area contributed by atoms with Crippen molar-refractivity contribution in [1.82, 2.24) is 5.43 Å². The van der Waals surface area contributed by atoms with Crippen LogP contribution in [0.1, 0.15) is 25.7 Å². The quantitative estimate of drug-likeness (QED) is 0.278. The van der Waals surface area contributed by atoms with E-state index in [1.807, 2.05) is 0 Å². The zero-order valence-electron chi connectivity index (χ0n) is 7.08. The fourth-order valence-electron chi connectivity index (χ4n) is 1.31. The van der Waals surface area contributed by atoms with Gasteiger partial charge in [-0.15, -0.1) is 5.10 Å². The summed E-state index contributed by atoms with van der Waals surface area (Å²) in [4.78, 5) is 0. The summed E-state index contributed by atoms with van der Waals surface area (Å²) in [5.74, 6) is 5.92. The predicted octanol–water partition coefficient (Wildman–Crippen LogP) is 0.964. The fourth-order valence-corrected chi connectivity index (χ4v) is 1.31. The highest BCUT2D eigenvalue weighted by molar-refractivity contribution is 5.97. The maximum Gasteiger partial charge on any atom is 0.165 e. The van der Waals surface area contributed by atoms with Gasteiger partial charge < -0.3 is 5.43 Å². The van der Waals surface area contributed by atoms with E-state index in [2.05, 4.69) is 28.4 Å². The van der Waals surface area contributed by atoms with Gasteiger partial charge in [-0.05, 0) is 31.3 Å². The standard InChI is InChI=1S/C8H14N4/c1-10-12-8(11-9)7-5-3-2-4-6-7/h5H,1-4,6,9H2,(H,11,12). The SMILES string of the molecule is C=N/N=C(\NN)C1=CCCCC1. The molecule has 0 bridgehead atoms. The summed E-state index contributed by atoms with van der Waals surface area (Å²) in [7, 11) is 0. The van der Waals surface area contributed by atoms with Crippen LogP contribution in [0.25, 0.3) is 0 Å². The van der Waals surface area contributed by atoms with Crippen molar-refractivity contribution in [3.8, 4) is 0 Å². The number of rotatable bonds is 2. The van der Waals surface area contributed by atoms with Gasteiger partial charge in [-0.1, -0.05) is 6.08 Å². The third-order valence-electron chi connectivity index (χ3n) is 1.90. The predicted molar refractivity (Wildman–Crippen MR) is 50.9 cm³/mol. The third kappa shape index (κ3) is 2.17. The van der Waals surface area contributed by atoms with E-state index >= 15 is 0 Å². The van der Waals surface area contributed by atoms with Crippen LogP contribution in [0.5, 0.6) is 0 Å². The Morgan fingerprint density at radius 1 is 1.58 bits per heavy atom. The summed E-state index contributed by atoms with van der Waals surface area (Å²) in [6, 6.07) is 0. The van der Waals surface area contributed by atoms with Gasteiger partial charge in [0, 0.05) is 6.72 Å². The minimum atomic E-state index is 0.643. The molecule has 0 aliphatic heterocycles. The molecule has 0 fully saturated rings. The normalized spacial score (nSPS) is 18.4. The maximum absolute atomic E-state index is 5.28. The number of nitrogens with one attached hydrogen (secondary N) is 1. The van der Waals surface area contributed by atoms with Crippen molar-refractivity contribution in [2.75, 3.05) is 0 Å². The number of hydrogen-bond acceptors (Lipinski definition) is 3. The fraction of sp³-hybridized carbons (Fsp3) is 0.500. The second-order valence-corrected chi connectivity index (χ2v) is 2.71. The molecule has 0 saturated carbocycles. The molecule has 1 aliphatic carbocycles. The molecular weight excluding hydrogens is 152 g/mol. The van der Waals surface area contributed by atoms with E-state index in [9.17, 15) is 0 Å². The molecule has 0 spiro atoms. The molecule has 0 aromatic carbocycles.